The minimum absolute atomic E-state index is 0.0460. The van der Waals surface area contributed by atoms with Crippen molar-refractivity contribution in [3.8, 4) is 5.75 Å². The zero-order valence-corrected chi connectivity index (χ0v) is 15.4. The first-order chi connectivity index (χ1) is 13.0. The van der Waals surface area contributed by atoms with Gasteiger partial charge in [-0.3, -0.25) is 9.11 Å². The van der Waals surface area contributed by atoms with Gasteiger partial charge < -0.3 is 10.8 Å². The van der Waals surface area contributed by atoms with E-state index in [1.54, 1.807) is 0 Å². The molecule has 4 N–H and O–H groups in total. The first kappa shape index (κ1) is 19.7. The summed E-state index contributed by atoms with van der Waals surface area (Å²) >= 11 is 0. The van der Waals surface area contributed by atoms with Crippen LogP contribution in [0.25, 0.3) is 10.8 Å². The molecule has 0 spiro atoms. The summed E-state index contributed by atoms with van der Waals surface area (Å²) in [6.07, 6.45) is 0. The third-order valence-electron chi connectivity index (χ3n) is 3.73. The highest BCUT2D eigenvalue weighted by atomic mass is 32.2. The van der Waals surface area contributed by atoms with Crippen molar-refractivity contribution in [3.05, 3.63) is 48.5 Å². The smallest absolute Gasteiger partial charge is 0.296 e. The van der Waals surface area contributed by atoms with Gasteiger partial charge in [-0.15, -0.1) is 10.2 Å². The lowest BCUT2D eigenvalue weighted by molar-refractivity contribution is 0.472. The molecule has 145 valence electrons. The van der Waals surface area contributed by atoms with Crippen LogP contribution in [0, 0.1) is 0 Å². The molecule has 0 heterocycles. The first-order valence-electron chi connectivity index (χ1n) is 7.45. The summed E-state index contributed by atoms with van der Waals surface area (Å²) in [5.74, 6) is -0.641. The summed E-state index contributed by atoms with van der Waals surface area (Å²) in [6.45, 7) is 0. The van der Waals surface area contributed by atoms with E-state index in [-0.39, 0.29) is 22.1 Å². The highest BCUT2D eigenvalue weighted by molar-refractivity contribution is 7.86. The van der Waals surface area contributed by atoms with E-state index in [2.05, 4.69) is 10.2 Å². The number of nitrogens with zero attached hydrogens (tertiary/aromatic N) is 2. The molecule has 0 saturated heterocycles. The molecule has 0 amide bonds. The maximum absolute atomic E-state index is 11.7. The zero-order chi connectivity index (χ0) is 20.7. The molecular formula is C16H12N3O7S2. The Morgan fingerprint density at radius 2 is 1.46 bits per heavy atom. The molecule has 0 aliphatic rings. The van der Waals surface area contributed by atoms with Crippen LogP contribution in [0.2, 0.25) is 0 Å². The minimum Gasteiger partial charge on any atom is -0.505 e. The number of nitrogens with one attached hydrogen (secondary N) is 1. The average molecular weight is 422 g/mol. The molecule has 0 unspecified atom stereocenters. The third kappa shape index (κ3) is 3.80. The average Bonchev–Trinajstić information content (AvgIpc) is 2.59. The Labute approximate surface area is 159 Å². The van der Waals surface area contributed by atoms with Gasteiger partial charge in [0.15, 0.2) is 5.75 Å². The van der Waals surface area contributed by atoms with Crippen molar-refractivity contribution in [1.29, 1.82) is 0 Å². The van der Waals surface area contributed by atoms with E-state index in [1.807, 2.05) is 0 Å². The molecule has 0 aromatic heterocycles. The lowest BCUT2D eigenvalue weighted by Gasteiger charge is -2.09. The van der Waals surface area contributed by atoms with Gasteiger partial charge in [0.1, 0.15) is 21.2 Å². The van der Waals surface area contributed by atoms with Crippen LogP contribution in [0.4, 0.5) is 17.1 Å². The maximum Gasteiger partial charge on any atom is 0.296 e. The second-order valence-corrected chi connectivity index (χ2v) is 8.41. The van der Waals surface area contributed by atoms with Crippen LogP contribution in [-0.4, -0.2) is 31.0 Å². The Balaban J connectivity index is 2.28. The Hall–Kier alpha value is -3.06. The molecule has 0 saturated carbocycles. The molecule has 3 aromatic carbocycles. The van der Waals surface area contributed by atoms with E-state index >= 15 is 0 Å². The van der Waals surface area contributed by atoms with Gasteiger partial charge in [-0.2, -0.15) is 16.8 Å². The SMILES string of the molecule is [NH]c1ccc2c(O)c(N=Nc3ccccc3S(=O)(=O)O)c(S(=O)(=O)O)cc2c1. The highest BCUT2D eigenvalue weighted by Crippen LogP contribution is 2.42. The van der Waals surface area contributed by atoms with Crippen molar-refractivity contribution in [2.75, 3.05) is 0 Å². The van der Waals surface area contributed by atoms with Crippen molar-refractivity contribution in [2.45, 2.75) is 9.79 Å². The summed E-state index contributed by atoms with van der Waals surface area (Å²) in [5.41, 5.74) is 6.69. The Morgan fingerprint density at radius 1 is 0.821 bits per heavy atom. The van der Waals surface area contributed by atoms with Gasteiger partial charge in [0.2, 0.25) is 0 Å². The normalized spacial score (nSPS) is 12.6. The Bertz CT molecular complexity index is 1330. The van der Waals surface area contributed by atoms with Gasteiger partial charge in [-0.05, 0) is 41.8 Å². The predicted molar refractivity (Wildman–Crippen MR) is 98.6 cm³/mol. The summed E-state index contributed by atoms with van der Waals surface area (Å²) in [5, 5.41) is 18.0. The third-order valence-corrected chi connectivity index (χ3v) is 5.50. The van der Waals surface area contributed by atoms with E-state index in [1.165, 1.54) is 36.4 Å². The first-order valence-corrected chi connectivity index (χ1v) is 10.3. The molecule has 0 atom stereocenters. The molecule has 1 radical (unpaired) electrons. The van der Waals surface area contributed by atoms with E-state index in [0.717, 1.165) is 12.1 Å². The van der Waals surface area contributed by atoms with Crippen molar-refractivity contribution < 1.29 is 31.0 Å². The van der Waals surface area contributed by atoms with Gasteiger partial charge in [0.25, 0.3) is 20.2 Å². The molecule has 0 aliphatic heterocycles. The van der Waals surface area contributed by atoms with E-state index in [4.69, 9.17) is 5.73 Å². The fraction of sp³-hybridized carbons (Fsp3) is 0. The predicted octanol–water partition coefficient (Wildman–Crippen LogP) is 3.37. The number of phenolic OH excluding ortho intramolecular Hbond substituents is 1. The van der Waals surface area contributed by atoms with Crippen LogP contribution >= 0.6 is 0 Å². The Kier molecular flexibility index (Phi) is 4.81. The summed E-state index contributed by atoms with van der Waals surface area (Å²) < 4.78 is 65.0. The fourth-order valence-corrected chi connectivity index (χ4v) is 3.79. The quantitative estimate of drug-likeness (QED) is 0.426. The van der Waals surface area contributed by atoms with E-state index in [0.29, 0.717) is 0 Å². The lowest BCUT2D eigenvalue weighted by atomic mass is 10.1. The van der Waals surface area contributed by atoms with Gasteiger partial charge in [0, 0.05) is 5.39 Å². The molecular weight excluding hydrogens is 410 g/mol. The fourth-order valence-electron chi connectivity index (χ4n) is 2.51. The largest absolute Gasteiger partial charge is 0.505 e. The van der Waals surface area contributed by atoms with E-state index in [9.17, 15) is 31.0 Å². The van der Waals surface area contributed by atoms with Gasteiger partial charge in [-0.25, -0.2) is 0 Å². The number of hydrogen-bond acceptors (Lipinski definition) is 7. The Morgan fingerprint density at radius 3 is 2.11 bits per heavy atom. The number of aromatic hydroxyl groups is 1. The monoisotopic (exact) mass is 422 g/mol. The zero-order valence-electron chi connectivity index (χ0n) is 13.8. The number of hydrogen-bond donors (Lipinski definition) is 3. The van der Waals surface area contributed by atoms with Crippen LogP contribution in [0.1, 0.15) is 0 Å². The highest BCUT2D eigenvalue weighted by Gasteiger charge is 2.22. The molecule has 0 aliphatic carbocycles. The number of azo groups is 1. The second kappa shape index (κ2) is 6.83. The van der Waals surface area contributed by atoms with Gasteiger partial charge in [-0.1, -0.05) is 12.1 Å². The molecule has 10 nitrogen and oxygen atoms in total. The van der Waals surface area contributed by atoms with Gasteiger partial charge >= 0.3 is 0 Å². The van der Waals surface area contributed by atoms with E-state index < -0.39 is 41.5 Å². The standard InChI is InChI=1S/C16H12N3O7S2/c17-10-5-6-11-9(7-10)8-14(28(24,25)26)15(16(11)20)19-18-12-3-1-2-4-13(12)27(21,22)23/h1-8,17,20H,(H,21,22,23)(H,24,25,26). The van der Waals surface area contributed by atoms with Crippen LogP contribution in [0.3, 0.4) is 0 Å². The van der Waals surface area contributed by atoms with Crippen molar-refractivity contribution in [2.24, 2.45) is 10.2 Å². The maximum atomic E-state index is 11.7. The molecule has 0 fully saturated rings. The van der Waals surface area contributed by atoms with Crippen molar-refractivity contribution in [1.82, 2.24) is 5.73 Å². The summed E-state index contributed by atoms with van der Waals surface area (Å²) in [7, 11) is -9.48. The van der Waals surface area contributed by atoms with Crippen LogP contribution in [0.15, 0.2) is 68.6 Å². The van der Waals surface area contributed by atoms with Crippen LogP contribution < -0.4 is 5.73 Å². The van der Waals surface area contributed by atoms with Crippen molar-refractivity contribution in [3.63, 3.8) is 0 Å². The number of phenols is 1. The molecule has 3 aromatic rings. The number of benzene rings is 3. The topological polar surface area (TPSA) is 177 Å². The lowest BCUT2D eigenvalue weighted by Crippen LogP contribution is -1.99. The number of rotatable bonds is 4. The minimum atomic E-state index is -4.85. The molecule has 12 heteroatoms. The molecule has 28 heavy (non-hydrogen) atoms. The molecule has 3 rings (SSSR count). The van der Waals surface area contributed by atoms with Crippen LogP contribution in [-0.2, 0) is 20.2 Å². The van der Waals surface area contributed by atoms with Crippen molar-refractivity contribution >= 4 is 48.1 Å². The summed E-state index contributed by atoms with van der Waals surface area (Å²) in [6, 6.07) is 9.98. The molecule has 0 bridgehead atoms. The number of fused-ring (bicyclic) bond motifs is 1. The van der Waals surface area contributed by atoms with Gasteiger partial charge in [0.05, 0.1) is 5.69 Å². The second-order valence-electron chi connectivity index (χ2n) is 5.63. The summed E-state index contributed by atoms with van der Waals surface area (Å²) in [4.78, 5) is -1.36. The van der Waals surface area contributed by atoms with Crippen LogP contribution in [0.5, 0.6) is 5.75 Å².